The lowest BCUT2D eigenvalue weighted by molar-refractivity contribution is 0.468. The van der Waals surface area contributed by atoms with E-state index in [4.69, 9.17) is 33.7 Å². The minimum Gasteiger partial charge on any atom is -0.457 e. The Morgan fingerprint density at radius 2 is 1.71 bits per heavy atom. The zero-order valence-electron chi connectivity index (χ0n) is 12.2. The Balaban J connectivity index is 2.31. The molecule has 0 amide bonds. The Bertz CT molecular complexity index is 628. The van der Waals surface area contributed by atoms with Gasteiger partial charge in [-0.15, -0.1) is 0 Å². The molecule has 1 unspecified atom stereocenters. The SMILES string of the molecule is CCC(N)Cc1ccc(Cl)cc1Oc1ccc(Cl)cc1C. The molecule has 2 nitrogen and oxygen atoms in total. The summed E-state index contributed by atoms with van der Waals surface area (Å²) < 4.78 is 6.02. The average molecular weight is 324 g/mol. The molecule has 2 aromatic carbocycles. The fourth-order valence-corrected chi connectivity index (χ4v) is 2.45. The molecule has 0 aromatic heterocycles. The smallest absolute Gasteiger partial charge is 0.132 e. The van der Waals surface area contributed by atoms with Gasteiger partial charge in [-0.2, -0.15) is 0 Å². The molecule has 21 heavy (non-hydrogen) atoms. The number of hydrogen-bond donors (Lipinski definition) is 1. The van der Waals surface area contributed by atoms with Crippen molar-refractivity contribution in [2.75, 3.05) is 0 Å². The van der Waals surface area contributed by atoms with Crippen LogP contribution in [0, 0.1) is 6.92 Å². The Hall–Kier alpha value is -1.22. The topological polar surface area (TPSA) is 35.2 Å². The van der Waals surface area contributed by atoms with Gasteiger partial charge in [0.2, 0.25) is 0 Å². The predicted molar refractivity (Wildman–Crippen MR) is 89.7 cm³/mol. The largest absolute Gasteiger partial charge is 0.457 e. The van der Waals surface area contributed by atoms with Gasteiger partial charge in [-0.1, -0.05) is 36.2 Å². The summed E-state index contributed by atoms with van der Waals surface area (Å²) in [7, 11) is 0. The molecular formula is C17H19Cl2NO. The summed E-state index contributed by atoms with van der Waals surface area (Å²) >= 11 is 12.1. The standard InChI is InChI=1S/C17H19Cl2NO/c1-3-15(20)9-12-4-5-14(19)10-17(12)21-16-7-6-13(18)8-11(16)2/h4-8,10,15H,3,9,20H2,1-2H3. The minimum absolute atomic E-state index is 0.111. The second kappa shape index (κ2) is 7.17. The van der Waals surface area contributed by atoms with Crippen molar-refractivity contribution in [1.82, 2.24) is 0 Å². The van der Waals surface area contributed by atoms with E-state index in [0.717, 1.165) is 35.5 Å². The number of rotatable bonds is 5. The van der Waals surface area contributed by atoms with Crippen molar-refractivity contribution >= 4 is 23.2 Å². The Kier molecular flexibility index (Phi) is 5.51. The van der Waals surface area contributed by atoms with Crippen molar-refractivity contribution in [3.05, 3.63) is 57.6 Å². The van der Waals surface area contributed by atoms with Gasteiger partial charge in [0, 0.05) is 16.1 Å². The summed E-state index contributed by atoms with van der Waals surface area (Å²) in [6.45, 7) is 4.04. The van der Waals surface area contributed by atoms with Gasteiger partial charge in [-0.25, -0.2) is 0 Å². The summed E-state index contributed by atoms with van der Waals surface area (Å²) in [5.41, 5.74) is 8.09. The second-order valence-corrected chi connectivity index (χ2v) is 6.01. The van der Waals surface area contributed by atoms with Crippen LogP contribution in [0.2, 0.25) is 10.0 Å². The van der Waals surface area contributed by atoms with Crippen molar-refractivity contribution in [3.63, 3.8) is 0 Å². The minimum atomic E-state index is 0.111. The lowest BCUT2D eigenvalue weighted by Gasteiger charge is -2.16. The molecule has 1 atom stereocenters. The third-order valence-electron chi connectivity index (χ3n) is 3.39. The van der Waals surface area contributed by atoms with E-state index >= 15 is 0 Å². The molecule has 0 radical (unpaired) electrons. The van der Waals surface area contributed by atoms with Crippen molar-refractivity contribution in [2.24, 2.45) is 5.73 Å². The van der Waals surface area contributed by atoms with Crippen LogP contribution in [0.5, 0.6) is 11.5 Å². The highest BCUT2D eigenvalue weighted by atomic mass is 35.5. The lowest BCUT2D eigenvalue weighted by Crippen LogP contribution is -2.21. The van der Waals surface area contributed by atoms with E-state index in [2.05, 4.69) is 6.92 Å². The molecule has 0 saturated carbocycles. The van der Waals surface area contributed by atoms with Gasteiger partial charge in [0.25, 0.3) is 0 Å². The van der Waals surface area contributed by atoms with Gasteiger partial charge in [0.1, 0.15) is 11.5 Å². The van der Waals surface area contributed by atoms with Gasteiger partial charge in [-0.3, -0.25) is 0 Å². The molecule has 0 aliphatic heterocycles. The monoisotopic (exact) mass is 323 g/mol. The van der Waals surface area contributed by atoms with Crippen LogP contribution in [0.4, 0.5) is 0 Å². The third kappa shape index (κ3) is 4.37. The van der Waals surface area contributed by atoms with Crippen molar-refractivity contribution < 1.29 is 4.74 Å². The Labute approximate surface area is 135 Å². The Morgan fingerprint density at radius 1 is 1.05 bits per heavy atom. The van der Waals surface area contributed by atoms with E-state index in [9.17, 15) is 0 Å². The molecular weight excluding hydrogens is 305 g/mol. The summed E-state index contributed by atoms with van der Waals surface area (Å²) in [5, 5.41) is 1.34. The van der Waals surface area contributed by atoms with Crippen LogP contribution in [0.15, 0.2) is 36.4 Å². The zero-order chi connectivity index (χ0) is 15.4. The van der Waals surface area contributed by atoms with Crippen LogP contribution in [0.1, 0.15) is 24.5 Å². The maximum Gasteiger partial charge on any atom is 0.132 e. The summed E-state index contributed by atoms with van der Waals surface area (Å²) in [4.78, 5) is 0. The molecule has 4 heteroatoms. The first-order chi connectivity index (χ1) is 9.99. The van der Waals surface area contributed by atoms with Crippen LogP contribution in [0.25, 0.3) is 0 Å². The van der Waals surface area contributed by atoms with Crippen LogP contribution >= 0.6 is 23.2 Å². The van der Waals surface area contributed by atoms with Gasteiger partial charge >= 0.3 is 0 Å². The molecule has 112 valence electrons. The van der Waals surface area contributed by atoms with Gasteiger partial charge in [0.05, 0.1) is 0 Å². The summed E-state index contributed by atoms with van der Waals surface area (Å²) in [6, 6.07) is 11.3. The van der Waals surface area contributed by atoms with E-state index < -0.39 is 0 Å². The number of hydrogen-bond acceptors (Lipinski definition) is 2. The van der Waals surface area contributed by atoms with Crippen molar-refractivity contribution in [1.29, 1.82) is 0 Å². The van der Waals surface area contributed by atoms with Gasteiger partial charge < -0.3 is 10.5 Å². The Morgan fingerprint density at radius 3 is 2.38 bits per heavy atom. The quantitative estimate of drug-likeness (QED) is 0.802. The molecule has 2 rings (SSSR count). The number of ether oxygens (including phenoxy) is 1. The normalized spacial score (nSPS) is 12.2. The highest BCUT2D eigenvalue weighted by Gasteiger charge is 2.11. The zero-order valence-corrected chi connectivity index (χ0v) is 13.7. The van der Waals surface area contributed by atoms with Crippen LogP contribution < -0.4 is 10.5 Å². The second-order valence-electron chi connectivity index (χ2n) is 5.14. The maximum atomic E-state index is 6.09. The molecule has 2 aromatic rings. The number of nitrogens with two attached hydrogens (primary N) is 1. The van der Waals surface area contributed by atoms with Crippen molar-refractivity contribution in [3.8, 4) is 11.5 Å². The molecule has 0 bridgehead atoms. The van der Waals surface area contributed by atoms with Crippen LogP contribution in [0.3, 0.4) is 0 Å². The van der Waals surface area contributed by atoms with Gasteiger partial charge in [0.15, 0.2) is 0 Å². The lowest BCUT2D eigenvalue weighted by atomic mass is 10.0. The van der Waals surface area contributed by atoms with E-state index in [1.165, 1.54) is 0 Å². The molecule has 0 heterocycles. The van der Waals surface area contributed by atoms with Crippen molar-refractivity contribution in [2.45, 2.75) is 32.7 Å². The fraction of sp³-hybridized carbons (Fsp3) is 0.294. The van der Waals surface area contributed by atoms with E-state index in [1.54, 1.807) is 0 Å². The van der Waals surface area contributed by atoms with Gasteiger partial charge in [-0.05, 0) is 61.2 Å². The first kappa shape index (κ1) is 16.2. The molecule has 0 fully saturated rings. The molecule has 0 saturated heterocycles. The molecule has 2 N–H and O–H groups in total. The average Bonchev–Trinajstić information content (AvgIpc) is 2.44. The van der Waals surface area contributed by atoms with Crippen LogP contribution in [-0.4, -0.2) is 6.04 Å². The third-order valence-corrected chi connectivity index (χ3v) is 3.86. The highest BCUT2D eigenvalue weighted by molar-refractivity contribution is 6.31. The highest BCUT2D eigenvalue weighted by Crippen LogP contribution is 2.32. The molecule has 0 aliphatic carbocycles. The molecule has 0 aliphatic rings. The number of halogens is 2. The van der Waals surface area contributed by atoms with Crippen LogP contribution in [-0.2, 0) is 6.42 Å². The summed E-state index contributed by atoms with van der Waals surface area (Å²) in [6.07, 6.45) is 1.68. The predicted octanol–water partition coefficient (Wildman–Crippen LogP) is 5.37. The number of aryl methyl sites for hydroxylation is 1. The van der Waals surface area contributed by atoms with E-state index in [-0.39, 0.29) is 6.04 Å². The maximum absolute atomic E-state index is 6.09. The molecule has 0 spiro atoms. The number of benzene rings is 2. The van der Waals surface area contributed by atoms with E-state index in [0.29, 0.717) is 10.0 Å². The first-order valence-electron chi connectivity index (χ1n) is 6.97. The summed E-state index contributed by atoms with van der Waals surface area (Å²) in [5.74, 6) is 1.52. The fourth-order valence-electron chi connectivity index (χ4n) is 2.06. The first-order valence-corrected chi connectivity index (χ1v) is 7.73. The van der Waals surface area contributed by atoms with E-state index in [1.807, 2.05) is 43.3 Å².